The van der Waals surface area contributed by atoms with Crippen molar-refractivity contribution < 1.29 is 9.90 Å². The molecule has 3 rings (SSSR count). The molecule has 1 atom stereocenters. The van der Waals surface area contributed by atoms with Gasteiger partial charge < -0.3 is 14.6 Å². The summed E-state index contributed by atoms with van der Waals surface area (Å²) < 4.78 is 2.25. The molecule has 0 radical (unpaired) electrons. The van der Waals surface area contributed by atoms with E-state index >= 15 is 0 Å². The van der Waals surface area contributed by atoms with Crippen LogP contribution in [0, 0.1) is 0 Å². The van der Waals surface area contributed by atoms with Gasteiger partial charge in [-0.15, -0.1) is 0 Å². The number of hydrogen-bond acceptors (Lipinski definition) is 5. The predicted molar refractivity (Wildman–Crippen MR) is 83.8 cm³/mol. The molecular formula is C14H18N4O2S. The SMILES string of the molecule is CN(C)c1ncc(-c2nccn2C2C=CCC2)s1.O=CO. The van der Waals surface area contributed by atoms with Crippen LogP contribution in [0.25, 0.3) is 10.7 Å². The molecule has 0 saturated carbocycles. The fourth-order valence-corrected chi connectivity index (χ4v) is 3.03. The van der Waals surface area contributed by atoms with Crippen molar-refractivity contribution in [2.75, 3.05) is 19.0 Å². The highest BCUT2D eigenvalue weighted by Gasteiger charge is 2.17. The van der Waals surface area contributed by atoms with Crippen molar-refractivity contribution in [1.29, 1.82) is 0 Å². The van der Waals surface area contributed by atoms with Crippen LogP contribution in [0.1, 0.15) is 18.9 Å². The molecule has 0 aliphatic heterocycles. The Labute approximate surface area is 127 Å². The minimum atomic E-state index is -0.250. The van der Waals surface area contributed by atoms with Crippen molar-refractivity contribution in [2.45, 2.75) is 18.9 Å². The molecule has 0 aromatic carbocycles. The smallest absolute Gasteiger partial charge is 0.290 e. The fraction of sp³-hybridized carbons (Fsp3) is 0.357. The van der Waals surface area contributed by atoms with Crippen molar-refractivity contribution in [3.05, 3.63) is 30.7 Å². The van der Waals surface area contributed by atoms with Gasteiger partial charge in [0, 0.05) is 26.5 Å². The van der Waals surface area contributed by atoms with Crippen LogP contribution >= 0.6 is 11.3 Å². The first-order valence-corrected chi connectivity index (χ1v) is 7.40. The number of aromatic nitrogens is 3. The lowest BCUT2D eigenvalue weighted by Gasteiger charge is -2.12. The zero-order chi connectivity index (χ0) is 15.2. The number of anilines is 1. The maximum Gasteiger partial charge on any atom is 0.290 e. The van der Waals surface area contributed by atoms with E-state index in [-0.39, 0.29) is 6.47 Å². The van der Waals surface area contributed by atoms with Crippen molar-refractivity contribution in [3.8, 4) is 10.7 Å². The molecule has 0 fully saturated rings. The number of carbonyl (C=O) groups is 1. The zero-order valence-electron chi connectivity index (χ0n) is 12.0. The number of allylic oxidation sites excluding steroid dienone is 2. The second-order valence-corrected chi connectivity index (χ2v) is 5.75. The van der Waals surface area contributed by atoms with Crippen LogP contribution in [-0.4, -0.2) is 40.2 Å². The maximum atomic E-state index is 8.36. The fourth-order valence-electron chi connectivity index (χ4n) is 2.19. The zero-order valence-corrected chi connectivity index (χ0v) is 12.8. The van der Waals surface area contributed by atoms with E-state index in [4.69, 9.17) is 9.90 Å². The molecule has 1 unspecified atom stereocenters. The number of thiazole rings is 1. The van der Waals surface area contributed by atoms with Crippen LogP contribution in [0.3, 0.4) is 0 Å². The number of carboxylic acid groups (broad SMARTS) is 1. The van der Waals surface area contributed by atoms with Gasteiger partial charge in [0.2, 0.25) is 0 Å². The van der Waals surface area contributed by atoms with Crippen LogP contribution in [0.4, 0.5) is 5.13 Å². The molecule has 112 valence electrons. The Kier molecular flexibility index (Phi) is 5.10. The molecule has 2 aromatic rings. The van der Waals surface area contributed by atoms with Crippen LogP contribution in [0.2, 0.25) is 0 Å². The molecule has 2 aromatic heterocycles. The van der Waals surface area contributed by atoms with Gasteiger partial charge in [0.25, 0.3) is 6.47 Å². The van der Waals surface area contributed by atoms with E-state index in [1.165, 1.54) is 6.42 Å². The van der Waals surface area contributed by atoms with Gasteiger partial charge >= 0.3 is 0 Å². The monoisotopic (exact) mass is 306 g/mol. The summed E-state index contributed by atoms with van der Waals surface area (Å²) in [6.07, 6.45) is 12.7. The Bertz CT molecular complexity index is 618. The molecule has 6 nitrogen and oxygen atoms in total. The average Bonchev–Trinajstić information content (AvgIpc) is 3.20. The molecule has 2 heterocycles. The average molecular weight is 306 g/mol. The Morgan fingerprint density at radius 1 is 1.48 bits per heavy atom. The van der Waals surface area contributed by atoms with Crippen LogP contribution < -0.4 is 4.90 Å². The molecule has 0 spiro atoms. The molecule has 0 bridgehead atoms. The first kappa shape index (κ1) is 15.2. The summed E-state index contributed by atoms with van der Waals surface area (Å²) in [7, 11) is 4.02. The number of imidazole rings is 1. The highest BCUT2D eigenvalue weighted by atomic mass is 32.1. The van der Waals surface area contributed by atoms with Gasteiger partial charge in [-0.3, -0.25) is 4.79 Å². The lowest BCUT2D eigenvalue weighted by atomic mass is 10.2. The van der Waals surface area contributed by atoms with Crippen LogP contribution in [0.15, 0.2) is 30.7 Å². The summed E-state index contributed by atoms with van der Waals surface area (Å²) >= 11 is 1.68. The minimum absolute atomic E-state index is 0.250. The van der Waals surface area contributed by atoms with E-state index in [1.54, 1.807) is 11.3 Å². The predicted octanol–water partition coefficient (Wildman–Crippen LogP) is 2.66. The van der Waals surface area contributed by atoms with E-state index < -0.39 is 0 Å². The Hall–Kier alpha value is -2.15. The number of hydrogen-bond donors (Lipinski definition) is 1. The summed E-state index contributed by atoms with van der Waals surface area (Å²) in [6.45, 7) is -0.250. The van der Waals surface area contributed by atoms with E-state index in [9.17, 15) is 0 Å². The van der Waals surface area contributed by atoms with E-state index in [1.807, 2.05) is 31.4 Å². The summed E-state index contributed by atoms with van der Waals surface area (Å²) in [5, 5.41) is 7.90. The van der Waals surface area contributed by atoms with Crippen molar-refractivity contribution in [1.82, 2.24) is 14.5 Å². The minimum Gasteiger partial charge on any atom is -0.483 e. The highest BCUT2D eigenvalue weighted by Crippen LogP contribution is 2.33. The van der Waals surface area contributed by atoms with Crippen molar-refractivity contribution >= 4 is 22.9 Å². The lowest BCUT2D eigenvalue weighted by Crippen LogP contribution is -2.07. The molecule has 7 heteroatoms. The van der Waals surface area contributed by atoms with E-state index in [2.05, 4.69) is 32.9 Å². The standard InChI is InChI=1S/C13H16N4S.CH2O2/c1-16(2)13-15-9-11(18-13)12-14-7-8-17(12)10-5-3-4-6-10;2-1-3/h3,5,7-10H,4,6H2,1-2H3;1H,(H,2,3). The first-order chi connectivity index (χ1) is 10.2. The third-order valence-corrected chi connectivity index (χ3v) is 4.27. The number of rotatable bonds is 3. The van der Waals surface area contributed by atoms with Crippen LogP contribution in [0.5, 0.6) is 0 Å². The Morgan fingerprint density at radius 3 is 2.81 bits per heavy atom. The first-order valence-electron chi connectivity index (χ1n) is 6.58. The lowest BCUT2D eigenvalue weighted by molar-refractivity contribution is -0.122. The normalized spacial score (nSPS) is 16.4. The molecule has 1 N–H and O–H groups in total. The number of nitrogens with zero attached hydrogens (tertiary/aromatic N) is 4. The van der Waals surface area contributed by atoms with Crippen molar-refractivity contribution in [3.63, 3.8) is 0 Å². The van der Waals surface area contributed by atoms with E-state index in [0.29, 0.717) is 6.04 Å². The van der Waals surface area contributed by atoms with Gasteiger partial charge in [-0.05, 0) is 12.8 Å². The van der Waals surface area contributed by atoms with Gasteiger partial charge in [-0.2, -0.15) is 0 Å². The van der Waals surface area contributed by atoms with Gasteiger partial charge in [-0.25, -0.2) is 9.97 Å². The van der Waals surface area contributed by atoms with Gasteiger partial charge in [-0.1, -0.05) is 23.5 Å². The van der Waals surface area contributed by atoms with Gasteiger partial charge in [0.15, 0.2) is 11.0 Å². The summed E-state index contributed by atoms with van der Waals surface area (Å²) in [6, 6.07) is 0.451. The molecule has 0 amide bonds. The second-order valence-electron chi connectivity index (χ2n) is 4.74. The Morgan fingerprint density at radius 2 is 2.24 bits per heavy atom. The third-order valence-electron chi connectivity index (χ3n) is 3.11. The van der Waals surface area contributed by atoms with E-state index in [0.717, 1.165) is 22.3 Å². The van der Waals surface area contributed by atoms with Crippen LogP contribution in [-0.2, 0) is 4.79 Å². The summed E-state index contributed by atoms with van der Waals surface area (Å²) in [4.78, 5) is 20.4. The van der Waals surface area contributed by atoms with Crippen molar-refractivity contribution in [2.24, 2.45) is 0 Å². The topological polar surface area (TPSA) is 71.2 Å². The van der Waals surface area contributed by atoms with Gasteiger partial charge in [0.05, 0.1) is 17.1 Å². The van der Waals surface area contributed by atoms with Gasteiger partial charge in [0.1, 0.15) is 0 Å². The molecule has 1 aliphatic rings. The largest absolute Gasteiger partial charge is 0.483 e. The molecule has 21 heavy (non-hydrogen) atoms. The Balaban J connectivity index is 0.000000497. The highest BCUT2D eigenvalue weighted by molar-refractivity contribution is 7.18. The quantitative estimate of drug-likeness (QED) is 0.697. The summed E-state index contributed by atoms with van der Waals surface area (Å²) in [5.41, 5.74) is 0. The second kappa shape index (κ2) is 7.03. The molecule has 0 saturated heterocycles. The summed E-state index contributed by atoms with van der Waals surface area (Å²) in [5.74, 6) is 1.03. The maximum absolute atomic E-state index is 8.36. The third kappa shape index (κ3) is 3.49. The molecule has 1 aliphatic carbocycles. The molecular weight excluding hydrogens is 288 g/mol.